The molecule has 2 heteroatoms. The van der Waals surface area contributed by atoms with Gasteiger partial charge in [-0.1, -0.05) is 20.8 Å². The third-order valence-corrected chi connectivity index (χ3v) is 4.01. The molecule has 0 spiro atoms. The largest absolute Gasteiger partial charge is 0.316 e. The third-order valence-electron chi connectivity index (χ3n) is 2.93. The number of rotatable bonds is 1. The number of hydrogen-bond donors (Lipinski definition) is 1. The average Bonchev–Trinajstić information content (AvgIpc) is 2.73. The normalized spacial score (nSPS) is 22.9. The van der Waals surface area contributed by atoms with Crippen LogP contribution in [0.15, 0.2) is 11.4 Å². The summed E-state index contributed by atoms with van der Waals surface area (Å²) in [6.45, 7) is 9.28. The predicted octanol–water partition coefficient (Wildman–Crippen LogP) is 3.12. The zero-order valence-corrected chi connectivity index (χ0v) is 10.1. The van der Waals surface area contributed by atoms with Crippen LogP contribution in [0, 0.1) is 0 Å². The van der Waals surface area contributed by atoms with E-state index in [1.807, 2.05) is 11.3 Å². The van der Waals surface area contributed by atoms with Crippen molar-refractivity contribution in [2.75, 3.05) is 13.1 Å². The molecule has 0 aliphatic carbocycles. The summed E-state index contributed by atoms with van der Waals surface area (Å²) in [5.41, 5.74) is 1.86. The van der Waals surface area contributed by atoms with Crippen LogP contribution in [0.5, 0.6) is 0 Å². The predicted molar refractivity (Wildman–Crippen MR) is 63.2 cm³/mol. The van der Waals surface area contributed by atoms with Crippen LogP contribution in [0.3, 0.4) is 0 Å². The topological polar surface area (TPSA) is 12.0 Å². The first-order chi connectivity index (χ1) is 6.59. The Kier molecular flexibility index (Phi) is 2.67. The first-order valence-electron chi connectivity index (χ1n) is 5.37. The molecule has 0 aromatic carbocycles. The molecule has 0 bridgehead atoms. The van der Waals surface area contributed by atoms with E-state index in [0.717, 1.165) is 5.92 Å². The summed E-state index contributed by atoms with van der Waals surface area (Å²) in [7, 11) is 0. The van der Waals surface area contributed by atoms with Crippen LogP contribution in [0.1, 0.15) is 43.6 Å². The van der Waals surface area contributed by atoms with E-state index in [2.05, 4.69) is 37.5 Å². The fraction of sp³-hybridized carbons (Fsp3) is 0.667. The van der Waals surface area contributed by atoms with Crippen LogP contribution in [0.25, 0.3) is 0 Å². The van der Waals surface area contributed by atoms with Crippen LogP contribution >= 0.6 is 11.3 Å². The summed E-state index contributed by atoms with van der Waals surface area (Å²) in [5, 5.41) is 5.69. The lowest BCUT2D eigenvalue weighted by Crippen LogP contribution is -2.15. The fourth-order valence-electron chi connectivity index (χ4n) is 2.14. The summed E-state index contributed by atoms with van der Waals surface area (Å²) >= 11 is 1.93. The van der Waals surface area contributed by atoms with Crippen molar-refractivity contribution in [2.24, 2.45) is 0 Å². The van der Waals surface area contributed by atoms with E-state index in [9.17, 15) is 0 Å². The highest BCUT2D eigenvalue weighted by atomic mass is 32.1. The molecule has 2 rings (SSSR count). The number of nitrogens with one attached hydrogen (secondary N) is 1. The molecule has 1 aromatic heterocycles. The smallest absolute Gasteiger partial charge is 0.0127 e. The minimum absolute atomic E-state index is 0.303. The first kappa shape index (κ1) is 10.2. The molecule has 1 saturated heterocycles. The van der Waals surface area contributed by atoms with E-state index in [1.165, 1.54) is 19.5 Å². The standard InChI is InChI=1S/C12H19NS/c1-12(2,3)10-5-7-14-11(10)9-4-6-13-8-9/h5,7,9,13H,4,6,8H2,1-3H3. The van der Waals surface area contributed by atoms with Gasteiger partial charge in [0.05, 0.1) is 0 Å². The second kappa shape index (κ2) is 3.67. The van der Waals surface area contributed by atoms with E-state index in [4.69, 9.17) is 0 Å². The second-order valence-electron chi connectivity index (χ2n) is 5.14. The summed E-state index contributed by atoms with van der Waals surface area (Å²) in [4.78, 5) is 1.61. The summed E-state index contributed by atoms with van der Waals surface area (Å²) in [6.07, 6.45) is 1.31. The molecule has 0 radical (unpaired) electrons. The molecule has 2 heterocycles. The Bertz CT molecular complexity index is 302. The van der Waals surface area contributed by atoms with Crippen molar-refractivity contribution in [1.29, 1.82) is 0 Å². The van der Waals surface area contributed by atoms with E-state index in [-0.39, 0.29) is 0 Å². The van der Waals surface area contributed by atoms with Crippen LogP contribution in [-0.4, -0.2) is 13.1 Å². The Morgan fingerprint density at radius 1 is 1.43 bits per heavy atom. The molecule has 1 aliphatic heterocycles. The monoisotopic (exact) mass is 209 g/mol. The van der Waals surface area contributed by atoms with Crippen molar-refractivity contribution in [3.05, 3.63) is 21.9 Å². The van der Waals surface area contributed by atoms with Gasteiger partial charge >= 0.3 is 0 Å². The van der Waals surface area contributed by atoms with Gasteiger partial charge in [0.1, 0.15) is 0 Å². The molecule has 1 unspecified atom stereocenters. The maximum absolute atomic E-state index is 3.45. The van der Waals surface area contributed by atoms with E-state index in [0.29, 0.717) is 5.41 Å². The molecular weight excluding hydrogens is 190 g/mol. The lowest BCUT2D eigenvalue weighted by atomic mass is 9.84. The van der Waals surface area contributed by atoms with Crippen LogP contribution < -0.4 is 5.32 Å². The molecular formula is C12H19NS. The van der Waals surface area contributed by atoms with Crippen LogP contribution in [0.4, 0.5) is 0 Å². The Morgan fingerprint density at radius 3 is 2.79 bits per heavy atom. The molecule has 1 atom stereocenters. The van der Waals surface area contributed by atoms with Gasteiger partial charge in [-0.05, 0) is 35.4 Å². The van der Waals surface area contributed by atoms with Gasteiger partial charge in [-0.3, -0.25) is 0 Å². The molecule has 0 saturated carbocycles. The van der Waals surface area contributed by atoms with Crippen molar-refractivity contribution < 1.29 is 0 Å². The van der Waals surface area contributed by atoms with Crippen molar-refractivity contribution >= 4 is 11.3 Å². The zero-order valence-electron chi connectivity index (χ0n) is 9.26. The van der Waals surface area contributed by atoms with Crippen molar-refractivity contribution in [3.8, 4) is 0 Å². The Labute approximate surface area is 90.5 Å². The Hall–Kier alpha value is -0.340. The minimum Gasteiger partial charge on any atom is -0.316 e. The second-order valence-corrected chi connectivity index (χ2v) is 6.09. The molecule has 1 N–H and O–H groups in total. The molecule has 1 fully saturated rings. The van der Waals surface area contributed by atoms with E-state index < -0.39 is 0 Å². The minimum atomic E-state index is 0.303. The number of hydrogen-bond acceptors (Lipinski definition) is 2. The van der Waals surface area contributed by atoms with Crippen LogP contribution in [0.2, 0.25) is 0 Å². The van der Waals surface area contributed by atoms with E-state index >= 15 is 0 Å². The van der Waals surface area contributed by atoms with Gasteiger partial charge in [-0.15, -0.1) is 11.3 Å². The molecule has 1 aromatic rings. The Morgan fingerprint density at radius 2 is 2.21 bits per heavy atom. The molecule has 14 heavy (non-hydrogen) atoms. The van der Waals surface area contributed by atoms with Crippen molar-refractivity contribution in [2.45, 2.75) is 38.5 Å². The third kappa shape index (κ3) is 1.86. The highest BCUT2D eigenvalue weighted by Crippen LogP contribution is 2.36. The SMILES string of the molecule is CC(C)(C)c1ccsc1C1CCNC1. The average molecular weight is 209 g/mol. The summed E-state index contributed by atoms with van der Waals surface area (Å²) < 4.78 is 0. The first-order valence-corrected chi connectivity index (χ1v) is 6.25. The van der Waals surface area contributed by atoms with Gasteiger partial charge in [0, 0.05) is 17.3 Å². The fourth-order valence-corrected chi connectivity index (χ4v) is 3.38. The van der Waals surface area contributed by atoms with Crippen molar-refractivity contribution in [1.82, 2.24) is 5.32 Å². The maximum Gasteiger partial charge on any atom is 0.0127 e. The van der Waals surface area contributed by atoms with Crippen molar-refractivity contribution in [3.63, 3.8) is 0 Å². The van der Waals surface area contributed by atoms with Gasteiger partial charge in [-0.2, -0.15) is 0 Å². The van der Waals surface area contributed by atoms with Gasteiger partial charge < -0.3 is 5.32 Å². The quantitative estimate of drug-likeness (QED) is 0.749. The highest BCUT2D eigenvalue weighted by molar-refractivity contribution is 7.10. The van der Waals surface area contributed by atoms with Gasteiger partial charge in [0.2, 0.25) is 0 Å². The lowest BCUT2D eigenvalue weighted by Gasteiger charge is -2.21. The zero-order chi connectivity index (χ0) is 10.2. The summed E-state index contributed by atoms with van der Waals surface area (Å²) in [5.74, 6) is 0.768. The van der Waals surface area contributed by atoms with Gasteiger partial charge in [-0.25, -0.2) is 0 Å². The van der Waals surface area contributed by atoms with E-state index in [1.54, 1.807) is 10.4 Å². The lowest BCUT2D eigenvalue weighted by molar-refractivity contribution is 0.578. The molecule has 0 amide bonds. The van der Waals surface area contributed by atoms with Crippen LogP contribution in [-0.2, 0) is 5.41 Å². The summed E-state index contributed by atoms with van der Waals surface area (Å²) in [6, 6.07) is 2.30. The molecule has 1 aliphatic rings. The highest BCUT2D eigenvalue weighted by Gasteiger charge is 2.25. The molecule has 1 nitrogen and oxygen atoms in total. The maximum atomic E-state index is 3.45. The number of thiophene rings is 1. The van der Waals surface area contributed by atoms with Gasteiger partial charge in [0.25, 0.3) is 0 Å². The Balaban J connectivity index is 2.29. The van der Waals surface area contributed by atoms with Gasteiger partial charge in [0.15, 0.2) is 0 Å². The molecule has 78 valence electrons.